The maximum absolute atomic E-state index is 13.5. The Balaban J connectivity index is 1.20. The van der Waals surface area contributed by atoms with Crippen molar-refractivity contribution < 1.29 is 19.4 Å². The van der Waals surface area contributed by atoms with Crippen LogP contribution in [0, 0.1) is 28.6 Å². The first-order chi connectivity index (χ1) is 18.1. The highest BCUT2D eigenvalue weighted by Gasteiger charge is 2.57. The van der Waals surface area contributed by atoms with Crippen LogP contribution in [0.3, 0.4) is 0 Å². The van der Waals surface area contributed by atoms with E-state index in [9.17, 15) is 14.7 Å². The van der Waals surface area contributed by atoms with Gasteiger partial charge < -0.3 is 15.2 Å². The van der Waals surface area contributed by atoms with Crippen molar-refractivity contribution in [2.45, 2.75) is 97.3 Å². The summed E-state index contributed by atoms with van der Waals surface area (Å²) in [7, 11) is 0. The monoisotopic (exact) mass is 519 g/mol. The smallest absolute Gasteiger partial charge is 0.302 e. The molecule has 0 spiro atoms. The zero-order valence-electron chi connectivity index (χ0n) is 23.5. The van der Waals surface area contributed by atoms with Crippen LogP contribution in [0.15, 0.2) is 53.6 Å². The standard InChI is InChI=1S/C33H45NO4/c1-21(31(37)23-8-6-5-7-9-23)34-19-16-30(36)29-13-12-27-26-11-10-24-20-25(38-22(2)35)14-17-32(24,3)28(26)15-18-33(27,29)4/h5-10,13,21,25-28,31,34,37H,11-12,14-20H2,1-4H3. The van der Waals surface area contributed by atoms with Crippen LogP contribution in [0.4, 0.5) is 0 Å². The van der Waals surface area contributed by atoms with Crippen molar-refractivity contribution in [2.75, 3.05) is 6.54 Å². The molecule has 4 aliphatic carbocycles. The Morgan fingerprint density at radius 1 is 1.05 bits per heavy atom. The van der Waals surface area contributed by atoms with Gasteiger partial charge in [-0.1, -0.05) is 61.9 Å². The summed E-state index contributed by atoms with van der Waals surface area (Å²) in [5.41, 5.74) is 3.59. The molecule has 0 aromatic heterocycles. The molecular formula is C33H45NO4. The SMILES string of the molecule is CC(=O)OC1CCC2(C)C(=CCC3C2CCC2(C)C(C(=O)CCNC(C)C(O)c4ccccc4)=CCC32)C1. The summed E-state index contributed by atoms with van der Waals surface area (Å²) in [6.45, 7) is 8.85. The number of allylic oxidation sites excluding steroid dienone is 3. The summed E-state index contributed by atoms with van der Waals surface area (Å²) in [5.74, 6) is 1.86. The van der Waals surface area contributed by atoms with Gasteiger partial charge >= 0.3 is 5.97 Å². The fourth-order valence-electron chi connectivity index (χ4n) is 8.56. The quantitative estimate of drug-likeness (QED) is 0.321. The highest BCUT2D eigenvalue weighted by atomic mass is 16.5. The Labute approximate surface area is 228 Å². The van der Waals surface area contributed by atoms with Gasteiger partial charge in [0, 0.05) is 32.4 Å². The maximum atomic E-state index is 13.5. The third kappa shape index (κ3) is 4.93. The molecule has 5 heteroatoms. The largest absolute Gasteiger partial charge is 0.462 e. The second-order valence-electron chi connectivity index (χ2n) is 12.8. The van der Waals surface area contributed by atoms with Gasteiger partial charge in [-0.25, -0.2) is 0 Å². The van der Waals surface area contributed by atoms with E-state index in [-0.39, 0.29) is 34.7 Å². The van der Waals surface area contributed by atoms with Gasteiger partial charge in [-0.15, -0.1) is 0 Å². The Kier molecular flexibility index (Phi) is 7.72. The molecule has 0 saturated heterocycles. The molecular weight excluding hydrogens is 474 g/mol. The number of ether oxygens (including phenoxy) is 1. The molecule has 4 aliphatic rings. The van der Waals surface area contributed by atoms with Crippen molar-refractivity contribution in [3.05, 3.63) is 59.2 Å². The van der Waals surface area contributed by atoms with Gasteiger partial charge in [0.1, 0.15) is 6.10 Å². The lowest BCUT2D eigenvalue weighted by molar-refractivity contribution is -0.148. The molecule has 0 heterocycles. The van der Waals surface area contributed by atoms with Crippen LogP contribution in [0.2, 0.25) is 0 Å². The molecule has 2 fully saturated rings. The minimum absolute atomic E-state index is 0.0275. The number of hydrogen-bond donors (Lipinski definition) is 2. The predicted octanol–water partition coefficient (Wildman–Crippen LogP) is 6.09. The van der Waals surface area contributed by atoms with Crippen molar-refractivity contribution >= 4 is 11.8 Å². The molecule has 5 nitrogen and oxygen atoms in total. The van der Waals surface area contributed by atoms with Crippen LogP contribution >= 0.6 is 0 Å². The van der Waals surface area contributed by atoms with Gasteiger partial charge in [-0.2, -0.15) is 0 Å². The first kappa shape index (κ1) is 27.3. The number of hydrogen-bond acceptors (Lipinski definition) is 5. The normalized spacial score (nSPS) is 35.6. The molecule has 5 rings (SSSR count). The number of carbonyl (C=O) groups is 2. The van der Waals surface area contributed by atoms with E-state index in [2.05, 4.69) is 31.3 Å². The van der Waals surface area contributed by atoms with Crippen molar-refractivity contribution in [3.8, 4) is 0 Å². The predicted molar refractivity (Wildman–Crippen MR) is 149 cm³/mol. The number of rotatable bonds is 8. The zero-order valence-corrected chi connectivity index (χ0v) is 23.5. The van der Waals surface area contributed by atoms with Crippen molar-refractivity contribution in [2.24, 2.45) is 28.6 Å². The van der Waals surface area contributed by atoms with E-state index in [1.165, 1.54) is 12.5 Å². The molecule has 8 unspecified atom stereocenters. The third-order valence-corrected chi connectivity index (χ3v) is 10.7. The van der Waals surface area contributed by atoms with Gasteiger partial charge in [-0.3, -0.25) is 9.59 Å². The van der Waals surface area contributed by atoms with Crippen LogP contribution in [-0.2, 0) is 14.3 Å². The summed E-state index contributed by atoms with van der Waals surface area (Å²) in [5, 5.41) is 14.0. The minimum Gasteiger partial charge on any atom is -0.462 e. The van der Waals surface area contributed by atoms with Crippen molar-refractivity contribution in [1.82, 2.24) is 5.32 Å². The zero-order chi connectivity index (χ0) is 27.1. The third-order valence-electron chi connectivity index (χ3n) is 10.7. The maximum Gasteiger partial charge on any atom is 0.302 e. The molecule has 38 heavy (non-hydrogen) atoms. The number of fused-ring (bicyclic) bond motifs is 5. The number of benzene rings is 1. The Morgan fingerprint density at radius 3 is 2.53 bits per heavy atom. The fourth-order valence-corrected chi connectivity index (χ4v) is 8.56. The van der Waals surface area contributed by atoms with E-state index in [0.29, 0.717) is 30.7 Å². The minimum atomic E-state index is -0.594. The van der Waals surface area contributed by atoms with E-state index in [1.54, 1.807) is 0 Å². The lowest BCUT2D eigenvalue weighted by atomic mass is 9.47. The summed E-state index contributed by atoms with van der Waals surface area (Å²) < 4.78 is 5.58. The first-order valence-electron chi connectivity index (χ1n) is 14.7. The van der Waals surface area contributed by atoms with Crippen molar-refractivity contribution in [1.29, 1.82) is 0 Å². The van der Waals surface area contributed by atoms with E-state index in [0.717, 1.165) is 56.1 Å². The van der Waals surface area contributed by atoms with Crippen molar-refractivity contribution in [3.63, 3.8) is 0 Å². The van der Waals surface area contributed by atoms with E-state index < -0.39 is 6.10 Å². The topological polar surface area (TPSA) is 75.6 Å². The second-order valence-corrected chi connectivity index (χ2v) is 12.8. The number of nitrogens with one attached hydrogen (secondary N) is 1. The molecule has 0 radical (unpaired) electrons. The van der Waals surface area contributed by atoms with E-state index >= 15 is 0 Å². The van der Waals surface area contributed by atoms with Gasteiger partial charge in [0.2, 0.25) is 0 Å². The number of esters is 1. The van der Waals surface area contributed by atoms with Gasteiger partial charge in [0.25, 0.3) is 0 Å². The van der Waals surface area contributed by atoms with Crippen LogP contribution in [0.1, 0.15) is 90.7 Å². The Bertz CT molecular complexity index is 1110. The number of carbonyl (C=O) groups excluding carboxylic acids is 2. The number of ketones is 1. The Hall–Kier alpha value is -2.24. The highest BCUT2D eigenvalue weighted by Crippen LogP contribution is 2.65. The lowest BCUT2D eigenvalue weighted by Gasteiger charge is -2.57. The van der Waals surface area contributed by atoms with E-state index in [4.69, 9.17) is 4.74 Å². The number of aliphatic hydroxyl groups excluding tert-OH is 1. The lowest BCUT2D eigenvalue weighted by Crippen LogP contribution is -2.50. The molecule has 2 N–H and O–H groups in total. The molecule has 1 aromatic rings. The Morgan fingerprint density at radius 2 is 1.79 bits per heavy atom. The number of aliphatic hydroxyl groups is 1. The summed E-state index contributed by atoms with van der Waals surface area (Å²) >= 11 is 0. The summed E-state index contributed by atoms with van der Waals surface area (Å²) in [6.07, 6.45) is 11.9. The van der Waals surface area contributed by atoms with Gasteiger partial charge in [0.15, 0.2) is 5.78 Å². The van der Waals surface area contributed by atoms with Gasteiger partial charge in [0.05, 0.1) is 6.10 Å². The average Bonchev–Trinajstić information content (AvgIpc) is 3.26. The van der Waals surface area contributed by atoms with Crippen LogP contribution in [-0.4, -0.2) is 35.5 Å². The second kappa shape index (κ2) is 10.7. The van der Waals surface area contributed by atoms with E-state index in [1.807, 2.05) is 37.3 Å². The average molecular weight is 520 g/mol. The van der Waals surface area contributed by atoms with Crippen LogP contribution < -0.4 is 5.32 Å². The highest BCUT2D eigenvalue weighted by molar-refractivity contribution is 5.97. The van der Waals surface area contributed by atoms with Crippen LogP contribution in [0.25, 0.3) is 0 Å². The number of Topliss-reactive ketones (excluding diaryl/α,β-unsaturated/α-hetero) is 1. The first-order valence-corrected chi connectivity index (χ1v) is 14.7. The van der Waals surface area contributed by atoms with Gasteiger partial charge in [-0.05, 0) is 85.2 Å². The molecule has 0 aliphatic heterocycles. The molecule has 206 valence electrons. The molecule has 1 aromatic carbocycles. The van der Waals surface area contributed by atoms with Crippen LogP contribution in [0.5, 0.6) is 0 Å². The molecule has 0 amide bonds. The summed E-state index contributed by atoms with van der Waals surface area (Å²) in [4.78, 5) is 25.0. The molecule has 8 atom stereocenters. The fraction of sp³-hybridized carbons (Fsp3) is 0.636. The summed E-state index contributed by atoms with van der Waals surface area (Å²) in [6, 6.07) is 9.56. The molecule has 0 bridgehead atoms. The molecule has 2 saturated carbocycles.